The van der Waals surface area contributed by atoms with Crippen LogP contribution in [-0.2, 0) is 9.47 Å². The van der Waals surface area contributed by atoms with Gasteiger partial charge in [0.2, 0.25) is 0 Å². The first kappa shape index (κ1) is 14.3. The fraction of sp³-hybridized carbons (Fsp3) is 0.917. The topological polar surface area (TPSA) is 59.0 Å². The second-order valence-electron chi connectivity index (χ2n) is 5.46. The molecule has 2 atom stereocenters. The van der Waals surface area contributed by atoms with E-state index in [1.165, 1.54) is 0 Å². The van der Waals surface area contributed by atoms with Gasteiger partial charge in [-0.3, -0.25) is 0 Å². The van der Waals surface area contributed by atoms with Crippen molar-refractivity contribution in [1.82, 2.24) is 4.90 Å². The quantitative estimate of drug-likeness (QED) is 0.816. The lowest BCUT2D eigenvalue weighted by atomic mass is 10.1. The van der Waals surface area contributed by atoms with Gasteiger partial charge in [-0.15, -0.1) is 0 Å². The van der Waals surface area contributed by atoms with Crippen LogP contribution in [0.25, 0.3) is 0 Å². The summed E-state index contributed by atoms with van der Waals surface area (Å²) in [5.41, 5.74) is -0.504. The number of amides is 1. The maximum absolute atomic E-state index is 11.9. The number of β-amino-alcohol motifs (C(OH)–C–C–N with tert-alkyl or cyclic N) is 1. The van der Waals surface area contributed by atoms with Gasteiger partial charge in [0.1, 0.15) is 5.60 Å². The third-order valence-corrected chi connectivity index (χ3v) is 2.68. The molecule has 5 nitrogen and oxygen atoms in total. The highest BCUT2D eigenvalue weighted by Gasteiger charge is 2.36. The average Bonchev–Trinajstić information content (AvgIpc) is 2.54. The summed E-state index contributed by atoms with van der Waals surface area (Å²) in [5.74, 6) is 0. The van der Waals surface area contributed by atoms with E-state index >= 15 is 0 Å². The van der Waals surface area contributed by atoms with Crippen molar-refractivity contribution < 1.29 is 19.4 Å². The zero-order valence-corrected chi connectivity index (χ0v) is 11.1. The number of carbonyl (C=O) groups is 1. The number of methoxy groups -OCH3 is 1. The minimum atomic E-state index is -0.504. The van der Waals surface area contributed by atoms with Crippen LogP contribution < -0.4 is 0 Å². The third kappa shape index (κ3) is 4.52. The Labute approximate surface area is 103 Å². The van der Waals surface area contributed by atoms with Crippen molar-refractivity contribution in [2.24, 2.45) is 0 Å². The van der Waals surface area contributed by atoms with Gasteiger partial charge in [0.15, 0.2) is 0 Å². The molecule has 17 heavy (non-hydrogen) atoms. The molecule has 0 spiro atoms. The van der Waals surface area contributed by atoms with Gasteiger partial charge in [0.05, 0.1) is 12.6 Å². The van der Waals surface area contributed by atoms with Gasteiger partial charge in [-0.1, -0.05) is 0 Å². The van der Waals surface area contributed by atoms with E-state index in [4.69, 9.17) is 9.47 Å². The van der Waals surface area contributed by atoms with Crippen LogP contribution in [0.15, 0.2) is 0 Å². The summed E-state index contributed by atoms with van der Waals surface area (Å²) in [6, 6.07) is 0.0137. The van der Waals surface area contributed by atoms with Crippen LogP contribution in [0, 0.1) is 0 Å². The Morgan fingerprint density at radius 2 is 2.12 bits per heavy atom. The van der Waals surface area contributed by atoms with Crippen LogP contribution in [0.4, 0.5) is 4.79 Å². The highest BCUT2D eigenvalue weighted by Crippen LogP contribution is 2.23. The Morgan fingerprint density at radius 3 is 2.65 bits per heavy atom. The van der Waals surface area contributed by atoms with Crippen LogP contribution >= 0.6 is 0 Å². The number of rotatable bonds is 3. The second-order valence-corrected chi connectivity index (χ2v) is 5.46. The minimum absolute atomic E-state index is 0.0137. The molecule has 100 valence electrons. The Kier molecular flexibility index (Phi) is 4.77. The highest BCUT2D eigenvalue weighted by molar-refractivity contribution is 5.69. The van der Waals surface area contributed by atoms with Crippen molar-refractivity contribution in [1.29, 1.82) is 0 Å². The summed E-state index contributed by atoms with van der Waals surface area (Å²) >= 11 is 0. The molecule has 5 heteroatoms. The SMILES string of the molecule is COCC[C@H]1C[C@@H](O)CN1C(=O)OC(C)(C)C. The molecule has 0 aliphatic carbocycles. The number of nitrogens with zero attached hydrogens (tertiary/aromatic N) is 1. The van der Waals surface area contributed by atoms with Crippen molar-refractivity contribution in [3.05, 3.63) is 0 Å². The van der Waals surface area contributed by atoms with Crippen molar-refractivity contribution in [3.63, 3.8) is 0 Å². The lowest BCUT2D eigenvalue weighted by Gasteiger charge is -2.28. The normalized spacial score (nSPS) is 25.1. The molecule has 0 bridgehead atoms. The van der Waals surface area contributed by atoms with Gasteiger partial charge < -0.3 is 19.5 Å². The molecule has 1 aliphatic rings. The van der Waals surface area contributed by atoms with E-state index in [9.17, 15) is 9.90 Å². The monoisotopic (exact) mass is 245 g/mol. The number of hydrogen-bond acceptors (Lipinski definition) is 4. The van der Waals surface area contributed by atoms with Gasteiger partial charge in [-0.2, -0.15) is 0 Å². The molecule has 0 radical (unpaired) electrons. The van der Waals surface area contributed by atoms with Crippen LogP contribution in [0.3, 0.4) is 0 Å². The van der Waals surface area contributed by atoms with Crippen molar-refractivity contribution in [2.45, 2.75) is 51.4 Å². The van der Waals surface area contributed by atoms with Crippen molar-refractivity contribution >= 4 is 6.09 Å². The Morgan fingerprint density at radius 1 is 1.47 bits per heavy atom. The fourth-order valence-electron chi connectivity index (χ4n) is 1.96. The number of aliphatic hydroxyl groups excluding tert-OH is 1. The first-order valence-electron chi connectivity index (χ1n) is 6.00. The van der Waals surface area contributed by atoms with Crippen LogP contribution in [0.2, 0.25) is 0 Å². The molecule has 1 saturated heterocycles. The van der Waals surface area contributed by atoms with Gasteiger partial charge in [0, 0.05) is 19.8 Å². The fourth-order valence-corrected chi connectivity index (χ4v) is 1.96. The Bertz CT molecular complexity index is 262. The molecule has 0 aromatic rings. The Balaban J connectivity index is 2.57. The predicted octanol–water partition coefficient (Wildman–Crippen LogP) is 1.39. The first-order valence-corrected chi connectivity index (χ1v) is 6.00. The average molecular weight is 245 g/mol. The van der Waals surface area contributed by atoms with Crippen molar-refractivity contribution in [3.8, 4) is 0 Å². The molecule has 0 aromatic heterocycles. The number of aliphatic hydroxyl groups is 1. The van der Waals surface area contributed by atoms with E-state index in [2.05, 4.69) is 0 Å². The number of likely N-dealkylation sites (tertiary alicyclic amines) is 1. The summed E-state index contributed by atoms with van der Waals surface area (Å²) < 4.78 is 10.3. The van der Waals surface area contributed by atoms with E-state index in [0.29, 0.717) is 19.6 Å². The molecule has 0 aromatic carbocycles. The van der Waals surface area contributed by atoms with Gasteiger partial charge in [-0.25, -0.2) is 4.79 Å². The molecular formula is C12H23NO4. The highest BCUT2D eigenvalue weighted by atomic mass is 16.6. The van der Waals surface area contributed by atoms with Crippen LogP contribution in [0.1, 0.15) is 33.6 Å². The minimum Gasteiger partial charge on any atom is -0.444 e. The zero-order chi connectivity index (χ0) is 13.1. The molecule has 1 rings (SSSR count). The maximum Gasteiger partial charge on any atom is 0.410 e. The van der Waals surface area contributed by atoms with Gasteiger partial charge in [0.25, 0.3) is 0 Å². The van der Waals surface area contributed by atoms with Crippen LogP contribution in [0.5, 0.6) is 0 Å². The van der Waals surface area contributed by atoms with E-state index < -0.39 is 11.7 Å². The molecule has 1 N–H and O–H groups in total. The van der Waals surface area contributed by atoms with E-state index in [0.717, 1.165) is 6.42 Å². The molecule has 1 heterocycles. The van der Waals surface area contributed by atoms with E-state index in [1.807, 2.05) is 20.8 Å². The van der Waals surface area contributed by atoms with E-state index in [-0.39, 0.29) is 12.1 Å². The maximum atomic E-state index is 11.9. The first-order chi connectivity index (χ1) is 7.83. The number of hydrogen-bond donors (Lipinski definition) is 1. The molecule has 1 aliphatic heterocycles. The largest absolute Gasteiger partial charge is 0.444 e. The molecule has 1 amide bonds. The zero-order valence-electron chi connectivity index (χ0n) is 11.1. The summed E-state index contributed by atoms with van der Waals surface area (Å²) in [4.78, 5) is 13.5. The van der Waals surface area contributed by atoms with Gasteiger partial charge >= 0.3 is 6.09 Å². The lowest BCUT2D eigenvalue weighted by molar-refractivity contribution is 0.0186. The van der Waals surface area contributed by atoms with Gasteiger partial charge in [-0.05, 0) is 33.6 Å². The van der Waals surface area contributed by atoms with Crippen LogP contribution in [-0.4, -0.2) is 54.1 Å². The second kappa shape index (κ2) is 5.69. The smallest absolute Gasteiger partial charge is 0.410 e. The summed E-state index contributed by atoms with van der Waals surface area (Å²) in [6.45, 7) is 6.44. The Hall–Kier alpha value is -0.810. The van der Waals surface area contributed by atoms with Crippen molar-refractivity contribution in [2.75, 3.05) is 20.3 Å². The molecule has 0 saturated carbocycles. The number of ether oxygens (including phenoxy) is 2. The molecule has 0 unspecified atom stereocenters. The third-order valence-electron chi connectivity index (χ3n) is 2.68. The lowest BCUT2D eigenvalue weighted by Crippen LogP contribution is -2.40. The standard InChI is InChI=1S/C12H23NO4/c1-12(2,3)17-11(15)13-8-10(14)7-9(13)5-6-16-4/h9-10,14H,5-8H2,1-4H3/t9-,10+/m0/s1. The van der Waals surface area contributed by atoms with E-state index in [1.54, 1.807) is 12.0 Å². The number of carbonyl (C=O) groups excluding carboxylic acids is 1. The molecular weight excluding hydrogens is 222 g/mol. The summed E-state index contributed by atoms with van der Waals surface area (Å²) in [7, 11) is 1.63. The summed E-state index contributed by atoms with van der Waals surface area (Å²) in [6.07, 6.45) is 0.523. The predicted molar refractivity (Wildman–Crippen MR) is 63.8 cm³/mol. The molecule has 1 fully saturated rings. The summed E-state index contributed by atoms with van der Waals surface area (Å²) in [5, 5.41) is 9.63.